The summed E-state index contributed by atoms with van der Waals surface area (Å²) in [5, 5.41) is 2.38. The highest BCUT2D eigenvalue weighted by Gasteiger charge is 2.26. The van der Waals surface area contributed by atoms with Crippen LogP contribution >= 0.6 is 11.8 Å². The normalized spacial score (nSPS) is 15.0. The molecule has 5 heteroatoms. The van der Waals surface area contributed by atoms with E-state index in [4.69, 9.17) is 0 Å². The van der Waals surface area contributed by atoms with E-state index >= 15 is 0 Å². The van der Waals surface area contributed by atoms with Gasteiger partial charge in [-0.3, -0.25) is 0 Å². The smallest absolute Gasteiger partial charge is 0.305 e. The van der Waals surface area contributed by atoms with E-state index in [0.717, 1.165) is 0 Å². The largest absolute Gasteiger partial charge is 0.401 e. The van der Waals surface area contributed by atoms with Crippen LogP contribution in [-0.2, 0) is 0 Å². The Morgan fingerprint density at radius 3 is 2.36 bits per heavy atom. The summed E-state index contributed by atoms with van der Waals surface area (Å²) >= 11 is 1.53. The van der Waals surface area contributed by atoms with Gasteiger partial charge < -0.3 is 5.32 Å². The summed E-state index contributed by atoms with van der Waals surface area (Å²) in [6.07, 6.45) is -2.22. The monoisotopic (exact) mass is 187 g/mol. The molecule has 11 heavy (non-hydrogen) atoms. The third-order valence-corrected chi connectivity index (χ3v) is 1.90. The van der Waals surface area contributed by atoms with Crippen LogP contribution < -0.4 is 5.32 Å². The van der Waals surface area contributed by atoms with Gasteiger partial charge in [0, 0.05) is 11.8 Å². The molecule has 0 rings (SSSR count). The first-order valence-corrected chi connectivity index (χ1v) is 4.64. The van der Waals surface area contributed by atoms with Crippen LogP contribution in [0.25, 0.3) is 0 Å². The minimum atomic E-state index is -4.09. The SMILES string of the molecule is CSCC(C)NCC(F)(F)F. The maximum absolute atomic E-state index is 11.6. The van der Waals surface area contributed by atoms with Crippen LogP contribution in [0.1, 0.15) is 6.92 Å². The van der Waals surface area contributed by atoms with Crippen molar-refractivity contribution in [1.82, 2.24) is 5.32 Å². The summed E-state index contributed by atoms with van der Waals surface area (Å²) in [6, 6.07) is -0.0772. The molecule has 68 valence electrons. The van der Waals surface area contributed by atoms with E-state index in [1.54, 1.807) is 6.92 Å². The van der Waals surface area contributed by atoms with E-state index in [-0.39, 0.29) is 6.04 Å². The molecular formula is C6H12F3NS. The highest BCUT2D eigenvalue weighted by atomic mass is 32.2. The van der Waals surface area contributed by atoms with E-state index < -0.39 is 12.7 Å². The van der Waals surface area contributed by atoms with Crippen molar-refractivity contribution < 1.29 is 13.2 Å². The number of hydrogen-bond acceptors (Lipinski definition) is 2. The zero-order chi connectivity index (χ0) is 8.91. The fourth-order valence-electron chi connectivity index (χ4n) is 0.599. The molecule has 1 N–H and O–H groups in total. The quantitative estimate of drug-likeness (QED) is 0.721. The van der Waals surface area contributed by atoms with Crippen LogP contribution in [0, 0.1) is 0 Å². The van der Waals surface area contributed by atoms with Crippen LogP contribution in [0.3, 0.4) is 0 Å². The van der Waals surface area contributed by atoms with Gasteiger partial charge in [0.05, 0.1) is 6.54 Å². The van der Waals surface area contributed by atoms with Gasteiger partial charge in [0.1, 0.15) is 0 Å². The Morgan fingerprint density at radius 2 is 2.00 bits per heavy atom. The first kappa shape index (κ1) is 11.1. The molecule has 1 atom stereocenters. The molecule has 0 aromatic heterocycles. The van der Waals surface area contributed by atoms with Gasteiger partial charge in [-0.15, -0.1) is 0 Å². The lowest BCUT2D eigenvalue weighted by Gasteiger charge is -2.13. The number of alkyl halides is 3. The van der Waals surface area contributed by atoms with Gasteiger partial charge in [-0.1, -0.05) is 0 Å². The first-order chi connectivity index (χ1) is 4.95. The number of thioether (sulfide) groups is 1. The number of hydrogen-bond donors (Lipinski definition) is 1. The second-order valence-electron chi connectivity index (χ2n) is 2.35. The maximum Gasteiger partial charge on any atom is 0.401 e. The van der Waals surface area contributed by atoms with E-state index in [1.165, 1.54) is 11.8 Å². The van der Waals surface area contributed by atoms with Gasteiger partial charge in [0.2, 0.25) is 0 Å². The lowest BCUT2D eigenvalue weighted by atomic mass is 10.4. The Balaban J connectivity index is 3.38. The van der Waals surface area contributed by atoms with Crippen molar-refractivity contribution in [1.29, 1.82) is 0 Å². The van der Waals surface area contributed by atoms with Crippen molar-refractivity contribution in [3.8, 4) is 0 Å². The second kappa shape index (κ2) is 4.87. The van der Waals surface area contributed by atoms with Gasteiger partial charge in [-0.2, -0.15) is 24.9 Å². The minimum absolute atomic E-state index is 0.0772. The summed E-state index contributed by atoms with van der Waals surface area (Å²) in [6.45, 7) is 0.844. The molecule has 0 saturated heterocycles. The molecule has 0 saturated carbocycles. The molecule has 0 aliphatic heterocycles. The van der Waals surface area contributed by atoms with E-state index in [0.29, 0.717) is 5.75 Å². The molecule has 0 aliphatic rings. The second-order valence-corrected chi connectivity index (χ2v) is 3.26. The van der Waals surface area contributed by atoms with Crippen molar-refractivity contribution in [2.45, 2.75) is 19.1 Å². The lowest BCUT2D eigenvalue weighted by Crippen LogP contribution is -2.36. The zero-order valence-corrected chi connectivity index (χ0v) is 7.35. The summed E-state index contributed by atoms with van der Waals surface area (Å²) in [5.74, 6) is 0.704. The Labute approximate surface area is 68.7 Å². The van der Waals surface area contributed by atoms with E-state index in [1.807, 2.05) is 6.26 Å². The highest BCUT2D eigenvalue weighted by Crippen LogP contribution is 2.12. The molecule has 0 amide bonds. The van der Waals surface area contributed by atoms with Crippen molar-refractivity contribution in [3.05, 3.63) is 0 Å². The van der Waals surface area contributed by atoms with Crippen LogP contribution in [0.5, 0.6) is 0 Å². The first-order valence-electron chi connectivity index (χ1n) is 3.25. The Kier molecular flexibility index (Phi) is 4.92. The molecule has 1 nitrogen and oxygen atoms in total. The lowest BCUT2D eigenvalue weighted by molar-refractivity contribution is -0.125. The third-order valence-electron chi connectivity index (χ3n) is 1.07. The van der Waals surface area contributed by atoms with Gasteiger partial charge >= 0.3 is 6.18 Å². The van der Waals surface area contributed by atoms with Crippen molar-refractivity contribution in [2.75, 3.05) is 18.6 Å². The van der Waals surface area contributed by atoms with Crippen molar-refractivity contribution in [2.24, 2.45) is 0 Å². The van der Waals surface area contributed by atoms with Crippen LogP contribution in [0.2, 0.25) is 0 Å². The van der Waals surface area contributed by atoms with Gasteiger partial charge in [-0.05, 0) is 13.2 Å². The van der Waals surface area contributed by atoms with Crippen LogP contribution in [0.4, 0.5) is 13.2 Å². The number of rotatable bonds is 4. The summed E-state index contributed by atoms with van der Waals surface area (Å²) in [5.41, 5.74) is 0. The summed E-state index contributed by atoms with van der Waals surface area (Å²) in [4.78, 5) is 0. The summed E-state index contributed by atoms with van der Waals surface area (Å²) in [7, 11) is 0. The zero-order valence-electron chi connectivity index (χ0n) is 6.53. The van der Waals surface area contributed by atoms with Crippen LogP contribution in [-0.4, -0.2) is 30.8 Å². The molecule has 0 heterocycles. The molecular weight excluding hydrogens is 175 g/mol. The fourth-order valence-corrected chi connectivity index (χ4v) is 1.22. The Morgan fingerprint density at radius 1 is 1.45 bits per heavy atom. The van der Waals surface area contributed by atoms with Gasteiger partial charge in [0.15, 0.2) is 0 Å². The van der Waals surface area contributed by atoms with Crippen molar-refractivity contribution in [3.63, 3.8) is 0 Å². The molecule has 0 aromatic rings. The molecule has 1 unspecified atom stereocenters. The fraction of sp³-hybridized carbons (Fsp3) is 1.00. The maximum atomic E-state index is 11.6. The van der Waals surface area contributed by atoms with Crippen LogP contribution in [0.15, 0.2) is 0 Å². The van der Waals surface area contributed by atoms with Gasteiger partial charge in [0.25, 0.3) is 0 Å². The molecule has 0 fully saturated rings. The number of halogens is 3. The Bertz CT molecular complexity index is 104. The molecule has 0 spiro atoms. The van der Waals surface area contributed by atoms with Gasteiger partial charge in [-0.25, -0.2) is 0 Å². The predicted octanol–water partition coefficient (Wildman–Crippen LogP) is 1.89. The Hall–Kier alpha value is 0.100. The van der Waals surface area contributed by atoms with E-state index in [9.17, 15) is 13.2 Å². The molecule has 0 aromatic carbocycles. The highest BCUT2D eigenvalue weighted by molar-refractivity contribution is 7.98. The average molecular weight is 187 g/mol. The van der Waals surface area contributed by atoms with E-state index in [2.05, 4.69) is 5.32 Å². The third kappa shape index (κ3) is 8.00. The predicted molar refractivity (Wildman–Crippen MR) is 41.9 cm³/mol. The number of nitrogens with one attached hydrogen (secondary N) is 1. The molecule has 0 bridgehead atoms. The van der Waals surface area contributed by atoms with Crippen molar-refractivity contribution >= 4 is 11.8 Å². The molecule has 0 aliphatic carbocycles. The minimum Gasteiger partial charge on any atom is -0.305 e. The topological polar surface area (TPSA) is 12.0 Å². The molecule has 0 radical (unpaired) electrons. The average Bonchev–Trinajstić information content (AvgIpc) is 1.83. The summed E-state index contributed by atoms with van der Waals surface area (Å²) < 4.78 is 34.8. The standard InChI is InChI=1S/C6H12F3NS/c1-5(3-11-2)10-4-6(7,8)9/h5,10H,3-4H2,1-2H3.